The van der Waals surface area contributed by atoms with E-state index in [1.165, 1.54) is 0 Å². The summed E-state index contributed by atoms with van der Waals surface area (Å²) in [6.45, 7) is 5.59. The van der Waals surface area contributed by atoms with E-state index in [1.54, 1.807) is 0 Å². The number of primary amides is 1. The van der Waals surface area contributed by atoms with Crippen molar-refractivity contribution in [3.63, 3.8) is 0 Å². The zero-order valence-electron chi connectivity index (χ0n) is 8.05. The highest BCUT2D eigenvalue weighted by Crippen LogP contribution is 2.05. The molecule has 4 nitrogen and oxygen atoms in total. The van der Waals surface area contributed by atoms with Crippen LogP contribution in [0.5, 0.6) is 0 Å². The van der Waals surface area contributed by atoms with Gasteiger partial charge in [-0.3, -0.25) is 4.79 Å². The van der Waals surface area contributed by atoms with Crippen molar-refractivity contribution < 1.29 is 4.79 Å². The minimum atomic E-state index is -0.316. The Bertz CT molecular complexity index is 207. The monoisotopic (exact) mass is 183 g/mol. The first-order valence-electron chi connectivity index (χ1n) is 4.71. The van der Waals surface area contributed by atoms with E-state index in [0.29, 0.717) is 5.70 Å². The van der Waals surface area contributed by atoms with Gasteiger partial charge in [-0.1, -0.05) is 13.0 Å². The largest absolute Gasteiger partial charge is 0.365 e. The molecule has 0 radical (unpaired) electrons. The molecule has 3 N–H and O–H groups in total. The number of piperazine rings is 1. The number of nitrogens with one attached hydrogen (secondary N) is 1. The highest BCUT2D eigenvalue weighted by molar-refractivity contribution is 5.91. The Morgan fingerprint density at radius 2 is 2.15 bits per heavy atom. The molecule has 0 spiro atoms. The van der Waals surface area contributed by atoms with Crippen LogP contribution in [0.25, 0.3) is 0 Å². The topological polar surface area (TPSA) is 58.4 Å². The average molecular weight is 183 g/mol. The van der Waals surface area contributed by atoms with E-state index in [4.69, 9.17) is 5.73 Å². The van der Waals surface area contributed by atoms with E-state index in [2.05, 4.69) is 5.32 Å². The molecule has 0 bridgehead atoms. The molecule has 1 saturated heterocycles. The van der Waals surface area contributed by atoms with Crippen LogP contribution in [-0.2, 0) is 4.79 Å². The quantitative estimate of drug-likeness (QED) is 0.589. The van der Waals surface area contributed by atoms with Crippen molar-refractivity contribution in [2.75, 3.05) is 26.2 Å². The molecule has 1 amide bonds. The molecule has 0 aromatic rings. The van der Waals surface area contributed by atoms with E-state index in [1.807, 2.05) is 17.9 Å². The third-order valence-electron chi connectivity index (χ3n) is 2.11. The summed E-state index contributed by atoms with van der Waals surface area (Å²) < 4.78 is 0. The average Bonchev–Trinajstić information content (AvgIpc) is 2.15. The summed E-state index contributed by atoms with van der Waals surface area (Å²) in [5.41, 5.74) is 5.95. The minimum absolute atomic E-state index is 0.316. The van der Waals surface area contributed by atoms with E-state index in [-0.39, 0.29) is 5.91 Å². The highest BCUT2D eigenvalue weighted by Gasteiger charge is 2.15. The number of amides is 1. The maximum atomic E-state index is 11.1. The SMILES string of the molecule is CCC=C(C(N)=O)N1CCNCC1. The number of rotatable bonds is 3. The fourth-order valence-corrected chi connectivity index (χ4v) is 1.48. The summed E-state index contributed by atoms with van der Waals surface area (Å²) >= 11 is 0. The lowest BCUT2D eigenvalue weighted by molar-refractivity contribution is -0.116. The Morgan fingerprint density at radius 3 is 2.62 bits per heavy atom. The second-order valence-corrected chi connectivity index (χ2v) is 3.10. The molecule has 1 aliphatic rings. The molecule has 74 valence electrons. The molecule has 1 rings (SSSR count). The van der Waals surface area contributed by atoms with Gasteiger partial charge in [-0.15, -0.1) is 0 Å². The molecular formula is C9H17N3O. The first-order valence-corrected chi connectivity index (χ1v) is 4.71. The van der Waals surface area contributed by atoms with Crippen molar-refractivity contribution in [1.82, 2.24) is 10.2 Å². The normalized spacial score (nSPS) is 18.8. The van der Waals surface area contributed by atoms with Gasteiger partial charge in [0.25, 0.3) is 5.91 Å². The van der Waals surface area contributed by atoms with Gasteiger partial charge in [0.15, 0.2) is 0 Å². The molecule has 0 aromatic heterocycles. The Hall–Kier alpha value is -1.03. The molecule has 0 aromatic carbocycles. The lowest BCUT2D eigenvalue weighted by Gasteiger charge is -2.30. The van der Waals surface area contributed by atoms with Crippen molar-refractivity contribution in [1.29, 1.82) is 0 Å². The van der Waals surface area contributed by atoms with Gasteiger partial charge in [0, 0.05) is 26.2 Å². The predicted molar refractivity (Wildman–Crippen MR) is 52.0 cm³/mol. The van der Waals surface area contributed by atoms with Gasteiger partial charge < -0.3 is 16.0 Å². The van der Waals surface area contributed by atoms with Gasteiger partial charge in [-0.2, -0.15) is 0 Å². The van der Waals surface area contributed by atoms with Gasteiger partial charge in [0.1, 0.15) is 0 Å². The fourth-order valence-electron chi connectivity index (χ4n) is 1.48. The van der Waals surface area contributed by atoms with Gasteiger partial charge in [-0.05, 0) is 6.42 Å². The number of carbonyl (C=O) groups excluding carboxylic acids is 1. The number of nitrogens with two attached hydrogens (primary N) is 1. The summed E-state index contributed by atoms with van der Waals surface area (Å²) in [4.78, 5) is 13.1. The smallest absolute Gasteiger partial charge is 0.264 e. The van der Waals surface area contributed by atoms with Crippen LogP contribution in [0, 0.1) is 0 Å². The predicted octanol–water partition coefficient (Wildman–Crippen LogP) is -0.329. The third-order valence-corrected chi connectivity index (χ3v) is 2.11. The Morgan fingerprint density at radius 1 is 1.54 bits per heavy atom. The standard InChI is InChI=1S/C9H17N3O/c1-2-3-8(9(10)13)12-6-4-11-5-7-12/h3,11H,2,4-7H2,1H3,(H2,10,13). The summed E-state index contributed by atoms with van der Waals surface area (Å²) in [7, 11) is 0. The van der Waals surface area contributed by atoms with Crippen LogP contribution in [0.4, 0.5) is 0 Å². The summed E-state index contributed by atoms with van der Waals surface area (Å²) in [6.07, 6.45) is 2.75. The van der Waals surface area contributed by atoms with Crippen molar-refractivity contribution in [3.05, 3.63) is 11.8 Å². The van der Waals surface area contributed by atoms with E-state index < -0.39 is 0 Å². The zero-order chi connectivity index (χ0) is 9.68. The van der Waals surface area contributed by atoms with Crippen molar-refractivity contribution in [2.45, 2.75) is 13.3 Å². The zero-order valence-corrected chi connectivity index (χ0v) is 8.05. The Kier molecular flexibility index (Phi) is 3.76. The van der Waals surface area contributed by atoms with Crippen LogP contribution in [-0.4, -0.2) is 37.0 Å². The number of hydrogen-bond donors (Lipinski definition) is 2. The number of allylic oxidation sites excluding steroid dienone is 1. The van der Waals surface area contributed by atoms with Gasteiger partial charge in [0.05, 0.1) is 5.70 Å². The van der Waals surface area contributed by atoms with Gasteiger partial charge >= 0.3 is 0 Å². The van der Waals surface area contributed by atoms with Crippen LogP contribution >= 0.6 is 0 Å². The maximum absolute atomic E-state index is 11.1. The van der Waals surface area contributed by atoms with Crippen molar-refractivity contribution in [2.24, 2.45) is 5.73 Å². The third kappa shape index (κ3) is 2.73. The molecule has 1 heterocycles. The summed E-state index contributed by atoms with van der Waals surface area (Å²) in [5.74, 6) is -0.316. The minimum Gasteiger partial charge on any atom is -0.365 e. The van der Waals surface area contributed by atoms with E-state index in [9.17, 15) is 4.79 Å². The molecule has 0 unspecified atom stereocenters. The summed E-state index contributed by atoms with van der Waals surface area (Å²) in [6, 6.07) is 0. The van der Waals surface area contributed by atoms with Crippen LogP contribution in [0.3, 0.4) is 0 Å². The first kappa shape index (κ1) is 10.1. The summed E-state index contributed by atoms with van der Waals surface area (Å²) in [5, 5.41) is 3.23. The van der Waals surface area contributed by atoms with Crippen molar-refractivity contribution >= 4 is 5.91 Å². The van der Waals surface area contributed by atoms with E-state index >= 15 is 0 Å². The lowest BCUT2D eigenvalue weighted by Crippen LogP contribution is -2.45. The molecule has 0 saturated carbocycles. The van der Waals surface area contributed by atoms with Crippen LogP contribution in [0.2, 0.25) is 0 Å². The Balaban J connectivity index is 2.63. The van der Waals surface area contributed by atoms with Crippen LogP contribution in [0.1, 0.15) is 13.3 Å². The molecule has 13 heavy (non-hydrogen) atoms. The Labute approximate surface area is 78.8 Å². The van der Waals surface area contributed by atoms with Gasteiger partial charge in [-0.25, -0.2) is 0 Å². The molecule has 1 fully saturated rings. The van der Waals surface area contributed by atoms with Crippen molar-refractivity contribution in [3.8, 4) is 0 Å². The van der Waals surface area contributed by atoms with Gasteiger partial charge in [0.2, 0.25) is 0 Å². The number of hydrogen-bond acceptors (Lipinski definition) is 3. The van der Waals surface area contributed by atoms with Crippen LogP contribution in [0.15, 0.2) is 11.8 Å². The maximum Gasteiger partial charge on any atom is 0.264 e. The second-order valence-electron chi connectivity index (χ2n) is 3.10. The van der Waals surface area contributed by atoms with Crippen LogP contribution < -0.4 is 11.1 Å². The molecular weight excluding hydrogens is 166 g/mol. The molecule has 1 aliphatic heterocycles. The highest BCUT2D eigenvalue weighted by atomic mass is 16.1. The van der Waals surface area contributed by atoms with E-state index in [0.717, 1.165) is 32.6 Å². The number of nitrogens with zero attached hydrogens (tertiary/aromatic N) is 1. The lowest BCUT2D eigenvalue weighted by atomic mass is 10.2. The number of carbonyl (C=O) groups is 1. The molecule has 4 heteroatoms. The second kappa shape index (κ2) is 4.87. The molecule has 0 aliphatic carbocycles. The fraction of sp³-hybridized carbons (Fsp3) is 0.667. The molecule has 0 atom stereocenters. The first-order chi connectivity index (χ1) is 6.25.